The number of rotatable bonds is 6. The second-order valence-electron chi connectivity index (χ2n) is 4.89. The summed E-state index contributed by atoms with van der Waals surface area (Å²) in [5.41, 5.74) is 2.17. The molecule has 2 rings (SSSR count). The minimum atomic E-state index is 0.158. The van der Waals surface area contributed by atoms with Gasteiger partial charge in [0.1, 0.15) is 0 Å². The fourth-order valence-electron chi connectivity index (χ4n) is 2.53. The summed E-state index contributed by atoms with van der Waals surface area (Å²) in [5.74, 6) is 0. The molecule has 0 bridgehead atoms. The Hall–Kier alpha value is -1.01. The summed E-state index contributed by atoms with van der Waals surface area (Å²) < 4.78 is 10.9. The molecule has 1 aromatic rings. The standard InChI is InChI=1S/C14H23N3O2/c1-15-7-11-5-4-6-12(16-11)8-17-9-13(18-2)14(10-17)19-3/h4-6,13-15H,7-10H2,1-3H3. The minimum Gasteiger partial charge on any atom is -0.377 e. The van der Waals surface area contributed by atoms with E-state index in [0.717, 1.165) is 37.6 Å². The van der Waals surface area contributed by atoms with Crippen LogP contribution in [0.5, 0.6) is 0 Å². The summed E-state index contributed by atoms with van der Waals surface area (Å²) in [6.07, 6.45) is 0.316. The molecule has 2 atom stereocenters. The summed E-state index contributed by atoms with van der Waals surface area (Å²) >= 11 is 0. The molecule has 1 aromatic heterocycles. The fourth-order valence-corrected chi connectivity index (χ4v) is 2.53. The second-order valence-corrected chi connectivity index (χ2v) is 4.89. The van der Waals surface area contributed by atoms with Crippen molar-refractivity contribution in [3.8, 4) is 0 Å². The van der Waals surface area contributed by atoms with Gasteiger partial charge in [-0.05, 0) is 19.2 Å². The van der Waals surface area contributed by atoms with Gasteiger partial charge in [0.05, 0.1) is 23.6 Å². The summed E-state index contributed by atoms with van der Waals surface area (Å²) in [5, 5.41) is 3.12. The van der Waals surface area contributed by atoms with E-state index < -0.39 is 0 Å². The Bertz CT molecular complexity index is 388. The molecule has 0 saturated carbocycles. The first-order valence-corrected chi connectivity index (χ1v) is 6.64. The zero-order valence-corrected chi connectivity index (χ0v) is 11.9. The lowest BCUT2D eigenvalue weighted by Gasteiger charge is -2.15. The largest absolute Gasteiger partial charge is 0.377 e. The highest BCUT2D eigenvalue weighted by molar-refractivity contribution is 5.11. The minimum absolute atomic E-state index is 0.158. The Morgan fingerprint density at radius 2 is 1.84 bits per heavy atom. The lowest BCUT2D eigenvalue weighted by atomic mass is 10.3. The maximum atomic E-state index is 5.45. The van der Waals surface area contributed by atoms with E-state index in [1.54, 1.807) is 14.2 Å². The van der Waals surface area contributed by atoms with Crippen molar-refractivity contribution < 1.29 is 9.47 Å². The molecule has 1 aliphatic rings. The molecule has 0 spiro atoms. The van der Waals surface area contributed by atoms with Gasteiger partial charge in [0.25, 0.3) is 0 Å². The van der Waals surface area contributed by atoms with Crippen LogP contribution in [0.4, 0.5) is 0 Å². The molecule has 106 valence electrons. The number of ether oxygens (including phenoxy) is 2. The summed E-state index contributed by atoms with van der Waals surface area (Å²) in [4.78, 5) is 6.97. The number of nitrogens with one attached hydrogen (secondary N) is 1. The monoisotopic (exact) mass is 265 g/mol. The van der Waals surface area contributed by atoms with Crippen LogP contribution in [0.15, 0.2) is 18.2 Å². The van der Waals surface area contributed by atoms with Gasteiger partial charge in [-0.15, -0.1) is 0 Å². The Kier molecular flexibility index (Phi) is 5.27. The van der Waals surface area contributed by atoms with E-state index in [1.165, 1.54) is 0 Å². The number of likely N-dealkylation sites (tertiary alicyclic amines) is 1. The van der Waals surface area contributed by atoms with E-state index in [0.29, 0.717) is 0 Å². The highest BCUT2D eigenvalue weighted by Gasteiger charge is 2.32. The van der Waals surface area contributed by atoms with Crippen molar-refractivity contribution in [1.29, 1.82) is 0 Å². The average molecular weight is 265 g/mol. The number of nitrogens with zero attached hydrogens (tertiary/aromatic N) is 2. The molecule has 1 aliphatic heterocycles. The van der Waals surface area contributed by atoms with Crippen LogP contribution in [0, 0.1) is 0 Å². The summed E-state index contributed by atoms with van der Waals surface area (Å²) in [6, 6.07) is 6.17. The summed E-state index contributed by atoms with van der Waals surface area (Å²) in [7, 11) is 5.42. The first-order chi connectivity index (χ1) is 9.26. The normalized spacial score (nSPS) is 23.9. The Balaban J connectivity index is 1.96. The van der Waals surface area contributed by atoms with Crippen molar-refractivity contribution in [2.45, 2.75) is 25.3 Å². The van der Waals surface area contributed by atoms with Crippen LogP contribution in [0.3, 0.4) is 0 Å². The molecule has 0 radical (unpaired) electrons. The van der Waals surface area contributed by atoms with Crippen molar-refractivity contribution in [1.82, 2.24) is 15.2 Å². The molecule has 19 heavy (non-hydrogen) atoms. The molecule has 5 nitrogen and oxygen atoms in total. The Labute approximate surface area is 114 Å². The van der Waals surface area contributed by atoms with Crippen LogP contribution in [0.25, 0.3) is 0 Å². The van der Waals surface area contributed by atoms with Crippen LogP contribution in [0.1, 0.15) is 11.4 Å². The third-order valence-electron chi connectivity index (χ3n) is 3.50. The van der Waals surface area contributed by atoms with Gasteiger partial charge >= 0.3 is 0 Å². The molecule has 1 fully saturated rings. The van der Waals surface area contributed by atoms with Gasteiger partial charge in [-0.2, -0.15) is 0 Å². The van der Waals surface area contributed by atoms with Gasteiger partial charge in [-0.1, -0.05) is 6.07 Å². The molecule has 5 heteroatoms. The first-order valence-electron chi connectivity index (χ1n) is 6.64. The molecule has 2 heterocycles. The van der Waals surface area contributed by atoms with Crippen LogP contribution in [-0.2, 0) is 22.6 Å². The van der Waals surface area contributed by atoms with E-state index in [-0.39, 0.29) is 12.2 Å². The lowest BCUT2D eigenvalue weighted by molar-refractivity contribution is -0.00461. The van der Waals surface area contributed by atoms with Crippen LogP contribution in [-0.4, -0.2) is 56.4 Å². The average Bonchev–Trinajstić information content (AvgIpc) is 2.81. The van der Waals surface area contributed by atoms with Gasteiger partial charge in [0.2, 0.25) is 0 Å². The Morgan fingerprint density at radius 3 is 2.42 bits per heavy atom. The molecular formula is C14H23N3O2. The van der Waals surface area contributed by atoms with Crippen molar-refractivity contribution in [3.63, 3.8) is 0 Å². The van der Waals surface area contributed by atoms with Crippen LogP contribution >= 0.6 is 0 Å². The predicted octanol–water partition coefficient (Wildman–Crippen LogP) is 0.647. The highest BCUT2D eigenvalue weighted by atomic mass is 16.5. The van der Waals surface area contributed by atoms with E-state index in [4.69, 9.17) is 9.47 Å². The van der Waals surface area contributed by atoms with Crippen molar-refractivity contribution in [3.05, 3.63) is 29.6 Å². The third kappa shape index (κ3) is 3.73. The van der Waals surface area contributed by atoms with Crippen molar-refractivity contribution in [2.24, 2.45) is 0 Å². The van der Waals surface area contributed by atoms with Crippen molar-refractivity contribution in [2.75, 3.05) is 34.4 Å². The zero-order chi connectivity index (χ0) is 13.7. The molecule has 1 saturated heterocycles. The fraction of sp³-hybridized carbons (Fsp3) is 0.643. The number of methoxy groups -OCH3 is 2. The molecule has 0 amide bonds. The topological polar surface area (TPSA) is 46.6 Å². The van der Waals surface area contributed by atoms with Crippen molar-refractivity contribution >= 4 is 0 Å². The number of hydrogen-bond acceptors (Lipinski definition) is 5. The number of aromatic nitrogens is 1. The SMILES string of the molecule is CNCc1cccc(CN2CC(OC)C(OC)C2)n1. The summed E-state index contributed by atoms with van der Waals surface area (Å²) in [6.45, 7) is 3.44. The van der Waals surface area contributed by atoms with Crippen LogP contribution < -0.4 is 5.32 Å². The van der Waals surface area contributed by atoms with E-state index in [2.05, 4.69) is 27.3 Å². The molecule has 2 unspecified atom stereocenters. The highest BCUT2D eigenvalue weighted by Crippen LogP contribution is 2.17. The quantitative estimate of drug-likeness (QED) is 0.818. The molecule has 1 N–H and O–H groups in total. The van der Waals surface area contributed by atoms with E-state index in [1.807, 2.05) is 13.1 Å². The Morgan fingerprint density at radius 1 is 1.21 bits per heavy atom. The van der Waals surface area contributed by atoms with Gasteiger partial charge in [-0.25, -0.2) is 0 Å². The molecular weight excluding hydrogens is 242 g/mol. The number of pyridine rings is 1. The molecule has 0 aromatic carbocycles. The van der Waals surface area contributed by atoms with Gasteiger partial charge < -0.3 is 14.8 Å². The van der Waals surface area contributed by atoms with E-state index in [9.17, 15) is 0 Å². The smallest absolute Gasteiger partial charge is 0.0971 e. The number of hydrogen-bond donors (Lipinski definition) is 1. The predicted molar refractivity (Wildman–Crippen MR) is 73.9 cm³/mol. The van der Waals surface area contributed by atoms with Gasteiger partial charge in [0, 0.05) is 40.4 Å². The van der Waals surface area contributed by atoms with Crippen LogP contribution in [0.2, 0.25) is 0 Å². The first kappa shape index (κ1) is 14.4. The van der Waals surface area contributed by atoms with E-state index >= 15 is 0 Å². The van der Waals surface area contributed by atoms with Gasteiger partial charge in [-0.3, -0.25) is 9.88 Å². The molecule has 0 aliphatic carbocycles. The maximum absolute atomic E-state index is 5.45. The zero-order valence-electron chi connectivity index (χ0n) is 11.9. The second kappa shape index (κ2) is 6.96. The third-order valence-corrected chi connectivity index (χ3v) is 3.50. The van der Waals surface area contributed by atoms with Gasteiger partial charge in [0.15, 0.2) is 0 Å². The lowest BCUT2D eigenvalue weighted by Crippen LogP contribution is -2.27. The maximum Gasteiger partial charge on any atom is 0.0971 e.